The minimum absolute atomic E-state index is 0.0634. The zero-order valence-corrected chi connectivity index (χ0v) is 12.9. The van der Waals surface area contributed by atoms with E-state index in [1.807, 2.05) is 0 Å². The van der Waals surface area contributed by atoms with Gasteiger partial charge in [-0.05, 0) is 24.6 Å². The number of hydrogen-bond donors (Lipinski definition) is 2. The Labute approximate surface area is 128 Å². The van der Waals surface area contributed by atoms with Gasteiger partial charge in [0.15, 0.2) is 6.61 Å². The SMILES string of the molecule is Cc1ccc(NC(=O)NCCS(C)=O)c(OCC(F)(F)F)c1. The molecule has 0 radical (unpaired) electrons. The van der Waals surface area contributed by atoms with Crippen molar-refractivity contribution in [2.45, 2.75) is 13.1 Å². The normalized spacial score (nSPS) is 12.6. The summed E-state index contributed by atoms with van der Waals surface area (Å²) in [4.78, 5) is 11.6. The van der Waals surface area contributed by atoms with E-state index < -0.39 is 29.6 Å². The van der Waals surface area contributed by atoms with Gasteiger partial charge in [-0.25, -0.2) is 4.79 Å². The summed E-state index contributed by atoms with van der Waals surface area (Å²) in [5.74, 6) is 0.227. The Bertz CT molecular complexity index is 550. The Kier molecular flexibility index (Phi) is 6.66. The predicted molar refractivity (Wildman–Crippen MR) is 78.7 cm³/mol. The number of hydrogen-bond acceptors (Lipinski definition) is 3. The maximum Gasteiger partial charge on any atom is 0.422 e. The molecule has 9 heteroatoms. The number of aryl methyl sites for hydroxylation is 1. The van der Waals surface area contributed by atoms with E-state index in [9.17, 15) is 22.2 Å². The summed E-state index contributed by atoms with van der Waals surface area (Å²) >= 11 is 0. The van der Waals surface area contributed by atoms with E-state index >= 15 is 0 Å². The van der Waals surface area contributed by atoms with Gasteiger partial charge in [-0.15, -0.1) is 0 Å². The van der Waals surface area contributed by atoms with Gasteiger partial charge in [0.05, 0.1) is 5.69 Å². The summed E-state index contributed by atoms with van der Waals surface area (Å²) in [6, 6.07) is 3.89. The molecule has 1 aromatic carbocycles. The molecule has 0 aromatic heterocycles. The number of alkyl halides is 3. The maximum atomic E-state index is 12.2. The van der Waals surface area contributed by atoms with Crippen molar-refractivity contribution in [1.82, 2.24) is 5.32 Å². The van der Waals surface area contributed by atoms with Crippen LogP contribution in [0.5, 0.6) is 5.75 Å². The number of amides is 2. The lowest BCUT2D eigenvalue weighted by atomic mass is 10.2. The fourth-order valence-electron chi connectivity index (χ4n) is 1.49. The molecule has 5 nitrogen and oxygen atoms in total. The van der Waals surface area contributed by atoms with Gasteiger partial charge in [0, 0.05) is 29.4 Å². The average molecular weight is 338 g/mol. The minimum atomic E-state index is -4.46. The first-order valence-electron chi connectivity index (χ1n) is 6.32. The van der Waals surface area contributed by atoms with Crippen molar-refractivity contribution in [2.24, 2.45) is 0 Å². The molecule has 0 aliphatic heterocycles. The maximum absolute atomic E-state index is 12.2. The summed E-state index contributed by atoms with van der Waals surface area (Å²) in [5.41, 5.74) is 0.828. The lowest BCUT2D eigenvalue weighted by Crippen LogP contribution is -2.32. The molecule has 1 atom stereocenters. The van der Waals surface area contributed by atoms with Gasteiger partial charge >= 0.3 is 12.2 Å². The third kappa shape index (κ3) is 7.30. The van der Waals surface area contributed by atoms with Crippen molar-refractivity contribution < 1.29 is 26.9 Å². The molecular formula is C13H17F3N2O3S. The van der Waals surface area contributed by atoms with Crippen molar-refractivity contribution in [2.75, 3.05) is 30.5 Å². The van der Waals surface area contributed by atoms with E-state index in [2.05, 4.69) is 10.6 Å². The summed E-state index contributed by atoms with van der Waals surface area (Å²) in [6.07, 6.45) is -2.96. The molecule has 0 saturated heterocycles. The fourth-order valence-corrected chi connectivity index (χ4v) is 1.88. The summed E-state index contributed by atoms with van der Waals surface area (Å²) in [7, 11) is -1.04. The molecule has 1 rings (SSSR count). The third-order valence-corrected chi connectivity index (χ3v) is 3.23. The molecule has 0 bridgehead atoms. The summed E-state index contributed by atoms with van der Waals surface area (Å²) in [6.45, 7) is 0.446. The molecule has 0 aliphatic rings. The number of carbonyl (C=O) groups is 1. The van der Waals surface area contributed by atoms with Crippen LogP contribution in [0.2, 0.25) is 0 Å². The lowest BCUT2D eigenvalue weighted by molar-refractivity contribution is -0.153. The second kappa shape index (κ2) is 8.02. The molecule has 2 N–H and O–H groups in total. The summed E-state index contributed by atoms with van der Waals surface area (Å²) in [5, 5.41) is 4.86. The molecule has 124 valence electrons. The van der Waals surface area contributed by atoms with Crippen molar-refractivity contribution in [3.05, 3.63) is 23.8 Å². The highest BCUT2D eigenvalue weighted by Crippen LogP contribution is 2.27. The van der Waals surface area contributed by atoms with Crippen molar-refractivity contribution in [3.8, 4) is 5.75 Å². The molecule has 0 fully saturated rings. The number of halogens is 3. The van der Waals surface area contributed by atoms with E-state index in [1.165, 1.54) is 18.4 Å². The van der Waals surface area contributed by atoms with Gasteiger partial charge in [-0.1, -0.05) is 6.07 Å². The van der Waals surface area contributed by atoms with E-state index in [0.29, 0.717) is 11.3 Å². The van der Waals surface area contributed by atoms with Crippen LogP contribution >= 0.6 is 0 Å². The molecule has 1 aromatic rings. The van der Waals surface area contributed by atoms with Gasteiger partial charge in [0.1, 0.15) is 5.75 Å². The number of rotatable bonds is 6. The highest BCUT2D eigenvalue weighted by Gasteiger charge is 2.29. The molecular weight excluding hydrogens is 321 g/mol. The van der Waals surface area contributed by atoms with Crippen LogP contribution < -0.4 is 15.4 Å². The largest absolute Gasteiger partial charge is 0.482 e. The van der Waals surface area contributed by atoms with Crippen LogP contribution in [-0.2, 0) is 10.8 Å². The topological polar surface area (TPSA) is 67.4 Å². The first kappa shape index (κ1) is 18.3. The summed E-state index contributed by atoms with van der Waals surface area (Å²) < 4.78 is 52.3. The number of urea groups is 1. The Hall–Kier alpha value is -1.77. The van der Waals surface area contributed by atoms with Gasteiger partial charge in [0.2, 0.25) is 0 Å². The molecule has 0 spiro atoms. The van der Waals surface area contributed by atoms with E-state index in [4.69, 9.17) is 4.74 Å². The van der Waals surface area contributed by atoms with Crippen molar-refractivity contribution >= 4 is 22.5 Å². The Morgan fingerprint density at radius 3 is 2.64 bits per heavy atom. The number of benzene rings is 1. The first-order valence-corrected chi connectivity index (χ1v) is 8.05. The van der Waals surface area contributed by atoms with Gasteiger partial charge in [-0.3, -0.25) is 4.21 Å². The Morgan fingerprint density at radius 2 is 2.05 bits per heavy atom. The monoisotopic (exact) mass is 338 g/mol. The van der Waals surface area contributed by atoms with Crippen LogP contribution in [0.1, 0.15) is 5.56 Å². The molecule has 0 aliphatic carbocycles. The van der Waals surface area contributed by atoms with Crippen LogP contribution in [0.4, 0.5) is 23.7 Å². The molecule has 22 heavy (non-hydrogen) atoms. The zero-order valence-electron chi connectivity index (χ0n) is 12.1. The predicted octanol–water partition coefficient (Wildman–Crippen LogP) is 2.44. The van der Waals surface area contributed by atoms with Gasteiger partial charge < -0.3 is 15.4 Å². The smallest absolute Gasteiger partial charge is 0.422 e. The molecule has 1 unspecified atom stereocenters. The van der Waals surface area contributed by atoms with Gasteiger partial charge in [0.25, 0.3) is 0 Å². The lowest BCUT2D eigenvalue weighted by Gasteiger charge is -2.15. The zero-order chi connectivity index (χ0) is 16.8. The Morgan fingerprint density at radius 1 is 1.36 bits per heavy atom. The van der Waals surface area contributed by atoms with Crippen LogP contribution in [0.25, 0.3) is 0 Å². The van der Waals surface area contributed by atoms with Crippen molar-refractivity contribution in [3.63, 3.8) is 0 Å². The fraction of sp³-hybridized carbons (Fsp3) is 0.462. The third-order valence-electron chi connectivity index (χ3n) is 2.45. The first-order chi connectivity index (χ1) is 10.2. The van der Waals surface area contributed by atoms with E-state index in [0.717, 1.165) is 0 Å². The quantitative estimate of drug-likeness (QED) is 0.837. The average Bonchev–Trinajstić information content (AvgIpc) is 2.37. The standard InChI is InChI=1S/C13H17F3N2O3S/c1-9-3-4-10(11(7-9)21-8-13(14,15)16)18-12(19)17-5-6-22(2)20/h3-4,7H,5-6,8H2,1-2H3,(H2,17,18,19). The molecule has 0 heterocycles. The van der Waals surface area contributed by atoms with Crippen LogP contribution in [0.15, 0.2) is 18.2 Å². The number of carbonyl (C=O) groups excluding carboxylic acids is 1. The van der Waals surface area contributed by atoms with E-state index in [-0.39, 0.29) is 18.0 Å². The van der Waals surface area contributed by atoms with Crippen molar-refractivity contribution in [1.29, 1.82) is 0 Å². The number of anilines is 1. The Balaban J connectivity index is 2.68. The number of ether oxygens (including phenoxy) is 1. The van der Waals surface area contributed by atoms with E-state index in [1.54, 1.807) is 13.0 Å². The second-order valence-electron chi connectivity index (χ2n) is 4.56. The van der Waals surface area contributed by atoms with Crippen LogP contribution in [0.3, 0.4) is 0 Å². The minimum Gasteiger partial charge on any atom is -0.482 e. The second-order valence-corrected chi connectivity index (χ2v) is 6.12. The van der Waals surface area contributed by atoms with Gasteiger partial charge in [-0.2, -0.15) is 13.2 Å². The molecule has 0 saturated carbocycles. The highest BCUT2D eigenvalue weighted by molar-refractivity contribution is 7.84. The molecule has 2 amide bonds. The van der Waals surface area contributed by atoms with Crippen LogP contribution in [0, 0.1) is 6.92 Å². The highest BCUT2D eigenvalue weighted by atomic mass is 32.2. The van der Waals surface area contributed by atoms with Crippen LogP contribution in [-0.4, -0.2) is 41.6 Å². The number of nitrogens with one attached hydrogen (secondary N) is 2.